The van der Waals surface area contributed by atoms with Gasteiger partial charge < -0.3 is 5.11 Å². The van der Waals surface area contributed by atoms with E-state index >= 15 is 0 Å². The van der Waals surface area contributed by atoms with E-state index in [1.54, 1.807) is 0 Å². The molecule has 84 valence electrons. The van der Waals surface area contributed by atoms with Gasteiger partial charge in [0.2, 0.25) is 0 Å². The van der Waals surface area contributed by atoms with Crippen molar-refractivity contribution in [3.8, 4) is 0 Å². The maximum absolute atomic E-state index is 11.8. The molecule has 1 rings (SSSR count). The summed E-state index contributed by atoms with van der Waals surface area (Å²) in [6.07, 6.45) is 1.76. The molecule has 1 aliphatic carbocycles. The summed E-state index contributed by atoms with van der Waals surface area (Å²) in [5, 5.41) is 9.14. The van der Waals surface area contributed by atoms with Crippen LogP contribution in [0.5, 0.6) is 0 Å². The molecule has 0 aromatic rings. The van der Waals surface area contributed by atoms with Crippen molar-refractivity contribution in [3.63, 3.8) is 0 Å². The lowest BCUT2D eigenvalue weighted by molar-refractivity contribution is -0.158. The van der Waals surface area contributed by atoms with E-state index in [0.717, 1.165) is 0 Å². The number of ketones is 2. The van der Waals surface area contributed by atoms with Crippen LogP contribution in [-0.2, 0) is 14.4 Å². The second-order valence-electron chi connectivity index (χ2n) is 4.10. The molecule has 4 nitrogen and oxygen atoms in total. The first-order valence-corrected chi connectivity index (χ1v) is 5.31. The smallest absolute Gasteiger partial charge is 0.317 e. The van der Waals surface area contributed by atoms with Crippen LogP contribution in [0.25, 0.3) is 0 Å². The number of carbonyl (C=O) groups is 3. The molecule has 0 heterocycles. The average Bonchev–Trinajstić information content (AvgIpc) is 2.19. The number of hydrogen-bond acceptors (Lipinski definition) is 3. The average molecular weight is 212 g/mol. The van der Waals surface area contributed by atoms with Crippen LogP contribution in [0.3, 0.4) is 0 Å². The second kappa shape index (κ2) is 4.55. The lowest BCUT2D eigenvalue weighted by Crippen LogP contribution is -2.42. The molecule has 1 fully saturated rings. The third-order valence-corrected chi connectivity index (χ3v) is 3.08. The number of carbonyl (C=O) groups excluding carboxylic acids is 2. The number of aliphatic carboxylic acids is 1. The zero-order chi connectivity index (χ0) is 11.5. The molecule has 0 unspecified atom stereocenters. The van der Waals surface area contributed by atoms with Crippen molar-refractivity contribution in [2.75, 3.05) is 0 Å². The molecule has 0 amide bonds. The lowest BCUT2D eigenvalue weighted by Gasteiger charge is -2.30. The lowest BCUT2D eigenvalue weighted by atomic mass is 9.70. The minimum atomic E-state index is -1.27. The molecule has 0 radical (unpaired) electrons. The van der Waals surface area contributed by atoms with Crippen LogP contribution in [0.4, 0.5) is 0 Å². The molecule has 4 heteroatoms. The maximum atomic E-state index is 11.8. The fraction of sp³-hybridized carbons (Fsp3) is 0.727. The van der Waals surface area contributed by atoms with E-state index in [0.29, 0.717) is 12.8 Å². The number of Topliss-reactive ketones (excluding diaryl/α,β-unsaturated/α-hetero) is 2. The summed E-state index contributed by atoms with van der Waals surface area (Å²) >= 11 is 0. The van der Waals surface area contributed by atoms with E-state index in [1.807, 2.05) is 6.92 Å². The zero-order valence-electron chi connectivity index (χ0n) is 8.91. The van der Waals surface area contributed by atoms with Gasteiger partial charge in [-0.25, -0.2) is 0 Å². The van der Waals surface area contributed by atoms with Crippen LogP contribution in [-0.4, -0.2) is 22.6 Å². The largest absolute Gasteiger partial charge is 0.480 e. The van der Waals surface area contributed by atoms with E-state index in [-0.39, 0.29) is 37.2 Å². The fourth-order valence-corrected chi connectivity index (χ4v) is 2.03. The Morgan fingerprint density at radius 1 is 1.33 bits per heavy atom. The molecule has 0 atom stereocenters. The highest BCUT2D eigenvalue weighted by atomic mass is 16.4. The summed E-state index contributed by atoms with van der Waals surface area (Å²) in [4.78, 5) is 34.0. The Bertz CT molecular complexity index is 283. The highest BCUT2D eigenvalue weighted by Gasteiger charge is 2.47. The monoisotopic (exact) mass is 212 g/mol. The third-order valence-electron chi connectivity index (χ3n) is 3.08. The predicted octanol–water partition coefficient (Wildman–Crippen LogP) is 1.57. The second-order valence-corrected chi connectivity index (χ2v) is 4.10. The van der Waals surface area contributed by atoms with Gasteiger partial charge in [0.25, 0.3) is 0 Å². The quantitative estimate of drug-likeness (QED) is 0.718. The molecule has 1 aliphatic rings. The Hall–Kier alpha value is -1.19. The van der Waals surface area contributed by atoms with Gasteiger partial charge in [-0.2, -0.15) is 0 Å². The van der Waals surface area contributed by atoms with Gasteiger partial charge in [0.1, 0.15) is 17.0 Å². The minimum Gasteiger partial charge on any atom is -0.480 e. The first-order valence-electron chi connectivity index (χ1n) is 5.31. The van der Waals surface area contributed by atoms with Gasteiger partial charge in [-0.15, -0.1) is 0 Å². The van der Waals surface area contributed by atoms with E-state index in [4.69, 9.17) is 5.11 Å². The first-order chi connectivity index (χ1) is 7.03. The summed E-state index contributed by atoms with van der Waals surface area (Å²) in [6.45, 7) is 1.85. The van der Waals surface area contributed by atoms with Crippen LogP contribution in [0.2, 0.25) is 0 Å². The van der Waals surface area contributed by atoms with Crippen LogP contribution >= 0.6 is 0 Å². The van der Waals surface area contributed by atoms with Gasteiger partial charge in [0.05, 0.1) is 0 Å². The summed E-state index contributed by atoms with van der Waals surface area (Å²) in [7, 11) is 0. The Kier molecular flexibility index (Phi) is 3.61. The molecule has 0 aromatic carbocycles. The molecule has 0 spiro atoms. The van der Waals surface area contributed by atoms with Crippen molar-refractivity contribution in [1.82, 2.24) is 0 Å². The Balaban J connectivity index is 2.84. The van der Waals surface area contributed by atoms with Crippen molar-refractivity contribution in [2.24, 2.45) is 5.41 Å². The number of rotatable bonds is 4. The van der Waals surface area contributed by atoms with E-state index < -0.39 is 11.4 Å². The number of carboxylic acids is 1. The number of hydrogen-bond donors (Lipinski definition) is 1. The highest BCUT2D eigenvalue weighted by molar-refractivity contribution is 6.04. The Labute approximate surface area is 88.7 Å². The van der Waals surface area contributed by atoms with E-state index in [9.17, 15) is 14.4 Å². The highest BCUT2D eigenvalue weighted by Crippen LogP contribution is 2.37. The van der Waals surface area contributed by atoms with Gasteiger partial charge in [0.15, 0.2) is 0 Å². The van der Waals surface area contributed by atoms with E-state index in [1.165, 1.54) is 0 Å². The molecular formula is C11H16O4. The molecular weight excluding hydrogens is 196 g/mol. The van der Waals surface area contributed by atoms with Crippen LogP contribution < -0.4 is 0 Å². The Morgan fingerprint density at radius 3 is 2.27 bits per heavy atom. The third kappa shape index (κ3) is 2.25. The van der Waals surface area contributed by atoms with Gasteiger partial charge in [0, 0.05) is 19.3 Å². The van der Waals surface area contributed by atoms with E-state index in [2.05, 4.69) is 0 Å². The molecule has 1 N–H and O–H groups in total. The standard InChI is InChI=1S/C11H16O4/c1-2-3-9(13)11(10(14)15)6-4-8(12)5-7-11/h2-7H2,1H3,(H,14,15). The van der Waals surface area contributed by atoms with Gasteiger partial charge in [-0.1, -0.05) is 6.92 Å². The SMILES string of the molecule is CCCC(=O)C1(C(=O)O)CCC(=O)CC1. The van der Waals surface area contributed by atoms with Gasteiger partial charge >= 0.3 is 5.97 Å². The molecule has 0 aliphatic heterocycles. The summed E-state index contributed by atoms with van der Waals surface area (Å²) < 4.78 is 0. The summed E-state index contributed by atoms with van der Waals surface area (Å²) in [5.41, 5.74) is -1.27. The topological polar surface area (TPSA) is 71.4 Å². The summed E-state index contributed by atoms with van der Waals surface area (Å²) in [6, 6.07) is 0. The van der Waals surface area contributed by atoms with Crippen molar-refractivity contribution in [1.29, 1.82) is 0 Å². The molecule has 1 saturated carbocycles. The van der Waals surface area contributed by atoms with Crippen molar-refractivity contribution >= 4 is 17.5 Å². The number of carboxylic acid groups (broad SMARTS) is 1. The fourth-order valence-electron chi connectivity index (χ4n) is 2.03. The molecule has 0 bridgehead atoms. The first kappa shape index (κ1) is 11.9. The summed E-state index contributed by atoms with van der Waals surface area (Å²) in [5.74, 6) is -1.21. The molecule has 0 aromatic heterocycles. The van der Waals surface area contributed by atoms with Gasteiger partial charge in [-0.05, 0) is 19.3 Å². The van der Waals surface area contributed by atoms with Crippen LogP contribution in [0.1, 0.15) is 45.4 Å². The molecule has 15 heavy (non-hydrogen) atoms. The van der Waals surface area contributed by atoms with Crippen molar-refractivity contribution in [3.05, 3.63) is 0 Å². The van der Waals surface area contributed by atoms with Crippen LogP contribution in [0, 0.1) is 5.41 Å². The van der Waals surface area contributed by atoms with Crippen molar-refractivity contribution in [2.45, 2.75) is 45.4 Å². The van der Waals surface area contributed by atoms with Crippen molar-refractivity contribution < 1.29 is 19.5 Å². The Morgan fingerprint density at radius 2 is 1.87 bits per heavy atom. The zero-order valence-corrected chi connectivity index (χ0v) is 8.91. The predicted molar refractivity (Wildman–Crippen MR) is 53.5 cm³/mol. The molecule has 0 saturated heterocycles. The maximum Gasteiger partial charge on any atom is 0.317 e. The minimum absolute atomic E-state index is 0.0659. The van der Waals surface area contributed by atoms with Gasteiger partial charge in [-0.3, -0.25) is 14.4 Å². The normalized spacial score (nSPS) is 19.9. The van der Waals surface area contributed by atoms with Crippen LogP contribution in [0.15, 0.2) is 0 Å².